The fraction of sp³-hybridized carbons (Fsp3) is 0.538. The Labute approximate surface area is 81.0 Å². The Kier molecular flexibility index (Phi) is 1.94. The second kappa shape index (κ2) is 2.87. The molecule has 0 heterocycles. The van der Waals surface area contributed by atoms with E-state index in [9.17, 15) is 0 Å². The van der Waals surface area contributed by atoms with E-state index < -0.39 is 0 Å². The molecular formula is C13H18. The fourth-order valence-electron chi connectivity index (χ4n) is 2.02. The van der Waals surface area contributed by atoms with Crippen LogP contribution in [0.2, 0.25) is 0 Å². The van der Waals surface area contributed by atoms with Gasteiger partial charge in [-0.3, -0.25) is 0 Å². The third-order valence-corrected chi connectivity index (χ3v) is 3.30. The van der Waals surface area contributed by atoms with E-state index >= 15 is 0 Å². The van der Waals surface area contributed by atoms with Gasteiger partial charge in [-0.2, -0.15) is 0 Å². The van der Waals surface area contributed by atoms with Crippen LogP contribution in [0.25, 0.3) is 0 Å². The molecule has 13 heavy (non-hydrogen) atoms. The maximum atomic E-state index is 2.35. The van der Waals surface area contributed by atoms with Gasteiger partial charge in [-0.1, -0.05) is 45.0 Å². The van der Waals surface area contributed by atoms with Crippen molar-refractivity contribution in [1.29, 1.82) is 0 Å². The molecule has 1 aliphatic carbocycles. The molecule has 0 amide bonds. The molecule has 0 heteroatoms. The quantitative estimate of drug-likeness (QED) is 0.640. The van der Waals surface area contributed by atoms with Crippen molar-refractivity contribution in [3.8, 4) is 0 Å². The molecule has 0 aliphatic heterocycles. The maximum Gasteiger partial charge on any atom is -0.0105 e. The van der Waals surface area contributed by atoms with E-state index in [1.807, 2.05) is 0 Å². The fourth-order valence-corrected chi connectivity index (χ4v) is 2.02. The van der Waals surface area contributed by atoms with Crippen LogP contribution >= 0.6 is 0 Å². The zero-order valence-electron chi connectivity index (χ0n) is 8.80. The molecule has 1 saturated carbocycles. The summed E-state index contributed by atoms with van der Waals surface area (Å²) in [5, 5.41) is 0. The minimum Gasteiger partial charge on any atom is -0.0613 e. The van der Waals surface area contributed by atoms with Gasteiger partial charge >= 0.3 is 0 Å². The molecule has 2 rings (SSSR count). The van der Waals surface area contributed by atoms with Crippen molar-refractivity contribution in [1.82, 2.24) is 0 Å². The highest BCUT2D eigenvalue weighted by Gasteiger charge is 2.46. The van der Waals surface area contributed by atoms with Crippen molar-refractivity contribution in [3.05, 3.63) is 35.4 Å². The SMILES string of the molecule is CCc1ccc([C@@H]2CC2(C)C)cc1. The molecule has 0 unspecified atom stereocenters. The van der Waals surface area contributed by atoms with Crippen LogP contribution < -0.4 is 0 Å². The van der Waals surface area contributed by atoms with Gasteiger partial charge in [-0.25, -0.2) is 0 Å². The standard InChI is InChI=1S/C13H18/c1-4-10-5-7-11(8-6-10)12-9-13(12,2)3/h5-8,12H,4,9H2,1-3H3/t12-/m0/s1. The first-order valence-corrected chi connectivity index (χ1v) is 5.22. The molecule has 0 radical (unpaired) electrons. The lowest BCUT2D eigenvalue weighted by Gasteiger charge is -2.04. The van der Waals surface area contributed by atoms with Crippen LogP contribution in [0.15, 0.2) is 24.3 Å². The largest absolute Gasteiger partial charge is 0.0613 e. The average molecular weight is 174 g/mol. The maximum absolute atomic E-state index is 2.35. The van der Waals surface area contributed by atoms with Crippen LogP contribution in [-0.4, -0.2) is 0 Å². The van der Waals surface area contributed by atoms with Crippen molar-refractivity contribution < 1.29 is 0 Å². The summed E-state index contributed by atoms with van der Waals surface area (Å²) in [6, 6.07) is 9.14. The summed E-state index contributed by atoms with van der Waals surface area (Å²) in [6.45, 7) is 6.91. The molecule has 0 aromatic heterocycles. The van der Waals surface area contributed by atoms with Crippen molar-refractivity contribution in [2.75, 3.05) is 0 Å². The predicted molar refractivity (Wildman–Crippen MR) is 57.0 cm³/mol. The van der Waals surface area contributed by atoms with E-state index in [2.05, 4.69) is 45.0 Å². The lowest BCUT2D eigenvalue weighted by molar-refractivity contribution is 0.621. The smallest absolute Gasteiger partial charge is 0.0105 e. The molecule has 0 saturated heterocycles. The second-order valence-electron chi connectivity index (χ2n) is 4.84. The number of hydrogen-bond acceptors (Lipinski definition) is 0. The highest BCUT2D eigenvalue weighted by atomic mass is 14.5. The highest BCUT2D eigenvalue weighted by molar-refractivity contribution is 5.31. The average Bonchev–Trinajstić information content (AvgIpc) is 2.76. The van der Waals surface area contributed by atoms with E-state index in [0.29, 0.717) is 5.41 Å². The van der Waals surface area contributed by atoms with E-state index in [4.69, 9.17) is 0 Å². The monoisotopic (exact) mass is 174 g/mol. The van der Waals surface area contributed by atoms with Gasteiger partial charge in [0, 0.05) is 0 Å². The van der Waals surface area contributed by atoms with Gasteiger partial charge in [0.05, 0.1) is 0 Å². The number of benzene rings is 1. The minimum atomic E-state index is 0.563. The van der Waals surface area contributed by atoms with E-state index in [0.717, 1.165) is 12.3 Å². The van der Waals surface area contributed by atoms with Gasteiger partial charge in [0.2, 0.25) is 0 Å². The van der Waals surface area contributed by atoms with Crippen molar-refractivity contribution in [2.24, 2.45) is 5.41 Å². The molecule has 1 fully saturated rings. The number of hydrogen-bond donors (Lipinski definition) is 0. The minimum absolute atomic E-state index is 0.563. The molecule has 1 aromatic carbocycles. The normalized spacial score (nSPS) is 24.4. The molecule has 0 bridgehead atoms. The Balaban J connectivity index is 2.16. The Hall–Kier alpha value is -0.780. The van der Waals surface area contributed by atoms with E-state index in [1.54, 1.807) is 0 Å². The van der Waals surface area contributed by atoms with Gasteiger partial charge in [-0.15, -0.1) is 0 Å². The molecule has 0 nitrogen and oxygen atoms in total. The summed E-state index contributed by atoms with van der Waals surface area (Å²) < 4.78 is 0. The van der Waals surface area contributed by atoms with E-state index in [-0.39, 0.29) is 0 Å². The molecule has 1 atom stereocenters. The molecule has 1 aliphatic rings. The molecule has 0 spiro atoms. The molecule has 1 aromatic rings. The second-order valence-corrected chi connectivity index (χ2v) is 4.84. The molecule has 0 N–H and O–H groups in total. The van der Waals surface area contributed by atoms with Crippen LogP contribution in [0.3, 0.4) is 0 Å². The number of aryl methyl sites for hydroxylation is 1. The van der Waals surface area contributed by atoms with E-state index in [1.165, 1.54) is 17.5 Å². The van der Waals surface area contributed by atoms with Crippen LogP contribution in [0.4, 0.5) is 0 Å². The predicted octanol–water partition coefficient (Wildman–Crippen LogP) is 3.76. The van der Waals surface area contributed by atoms with Gasteiger partial charge in [0.25, 0.3) is 0 Å². The Bertz CT molecular complexity index is 292. The third-order valence-electron chi connectivity index (χ3n) is 3.30. The summed E-state index contributed by atoms with van der Waals surface area (Å²) >= 11 is 0. The third kappa shape index (κ3) is 1.63. The molecular weight excluding hydrogens is 156 g/mol. The summed E-state index contributed by atoms with van der Waals surface area (Å²) in [5.74, 6) is 0.818. The highest BCUT2D eigenvalue weighted by Crippen LogP contribution is 2.58. The lowest BCUT2D eigenvalue weighted by Crippen LogP contribution is -1.90. The first-order valence-electron chi connectivity index (χ1n) is 5.22. The first-order chi connectivity index (χ1) is 6.13. The van der Waals surface area contributed by atoms with Gasteiger partial charge in [0.15, 0.2) is 0 Å². The Morgan fingerprint density at radius 2 is 1.77 bits per heavy atom. The van der Waals surface area contributed by atoms with Crippen LogP contribution in [0.5, 0.6) is 0 Å². The van der Waals surface area contributed by atoms with Gasteiger partial charge < -0.3 is 0 Å². The van der Waals surface area contributed by atoms with Gasteiger partial charge in [0.1, 0.15) is 0 Å². The van der Waals surface area contributed by atoms with Crippen LogP contribution in [-0.2, 0) is 6.42 Å². The van der Waals surface area contributed by atoms with Crippen LogP contribution in [0, 0.1) is 5.41 Å². The Morgan fingerprint density at radius 1 is 1.23 bits per heavy atom. The van der Waals surface area contributed by atoms with Gasteiger partial charge in [-0.05, 0) is 35.3 Å². The van der Waals surface area contributed by atoms with Crippen molar-refractivity contribution in [3.63, 3.8) is 0 Å². The lowest BCUT2D eigenvalue weighted by atomic mass is 10.0. The van der Waals surface area contributed by atoms with Crippen molar-refractivity contribution in [2.45, 2.75) is 39.5 Å². The zero-order chi connectivity index (χ0) is 9.47. The summed E-state index contributed by atoms with van der Waals surface area (Å²) in [5.41, 5.74) is 3.54. The number of rotatable bonds is 2. The summed E-state index contributed by atoms with van der Waals surface area (Å²) in [7, 11) is 0. The first kappa shape index (κ1) is 8.80. The topological polar surface area (TPSA) is 0 Å². The summed E-state index contributed by atoms with van der Waals surface area (Å²) in [4.78, 5) is 0. The Morgan fingerprint density at radius 3 is 2.15 bits per heavy atom. The van der Waals surface area contributed by atoms with Crippen molar-refractivity contribution >= 4 is 0 Å². The molecule has 70 valence electrons. The zero-order valence-corrected chi connectivity index (χ0v) is 8.80. The summed E-state index contributed by atoms with van der Waals surface area (Å²) in [6.07, 6.45) is 2.51. The van der Waals surface area contributed by atoms with Crippen LogP contribution in [0.1, 0.15) is 44.2 Å².